The monoisotopic (exact) mass is 867 g/mol. The minimum absolute atomic E-state index is 0.575. The number of hydrogen-bond acceptors (Lipinski definition) is 7. The van der Waals surface area contributed by atoms with Gasteiger partial charge in [-0.05, 0) is 38.5 Å². The van der Waals surface area contributed by atoms with Gasteiger partial charge >= 0.3 is 0 Å². The number of methoxy groups -OCH3 is 2. The second-order valence-corrected chi connectivity index (χ2v) is 17.6. The smallest absolute Gasteiger partial charge is 0.222 e. The summed E-state index contributed by atoms with van der Waals surface area (Å²) in [7, 11) is 3.37. The highest BCUT2D eigenvalue weighted by Gasteiger charge is 2.31. The molecule has 0 aromatic rings. The lowest BCUT2D eigenvalue weighted by Crippen LogP contribution is -2.32. The summed E-state index contributed by atoms with van der Waals surface area (Å²) in [4.78, 5) is 0. The van der Waals surface area contributed by atoms with Crippen LogP contribution in [0.3, 0.4) is 0 Å². The van der Waals surface area contributed by atoms with Crippen molar-refractivity contribution in [3.63, 3.8) is 0 Å². The molecule has 0 aliphatic rings. The average molecular weight is 867 g/mol. The van der Waals surface area contributed by atoms with Crippen molar-refractivity contribution >= 4 is 0 Å². The molecule has 2 unspecified atom stereocenters. The normalized spacial score (nSPS) is 13.5. The van der Waals surface area contributed by atoms with Crippen LogP contribution in [0.15, 0.2) is 23.0 Å². The van der Waals surface area contributed by atoms with E-state index in [9.17, 15) is 0 Å². The molecule has 7 heteroatoms. The fourth-order valence-electron chi connectivity index (χ4n) is 7.59. The highest BCUT2D eigenvalue weighted by Crippen LogP contribution is 2.29. The zero-order valence-electron chi connectivity index (χ0n) is 42.3. The molecule has 0 fully saturated rings. The summed E-state index contributed by atoms with van der Waals surface area (Å²) >= 11 is 0. The van der Waals surface area contributed by atoms with Gasteiger partial charge in [-0.2, -0.15) is 0 Å². The molecular weight excluding hydrogens is 761 g/mol. The molecule has 0 amide bonds. The SMILES string of the molecule is CCCCCCCCCCCCCCCC(OCCCC)=C(OCCCC)C(OC)OC(OC)C(OCCCC)=C(CCCCCCCCCCCCCCC)OCCCC. The predicted molar refractivity (Wildman–Crippen MR) is 261 cm³/mol. The van der Waals surface area contributed by atoms with Gasteiger partial charge in [-0.15, -0.1) is 0 Å². The molecular formula is C54H106O7. The molecule has 0 saturated carbocycles. The maximum atomic E-state index is 6.78. The third-order valence-electron chi connectivity index (χ3n) is 11.7. The van der Waals surface area contributed by atoms with Gasteiger partial charge in [0.05, 0.1) is 26.4 Å². The molecule has 0 radical (unpaired) electrons. The first-order valence-corrected chi connectivity index (χ1v) is 26.8. The van der Waals surface area contributed by atoms with E-state index in [4.69, 9.17) is 33.2 Å². The Kier molecular flexibility index (Phi) is 46.9. The average Bonchev–Trinajstić information content (AvgIpc) is 3.27. The van der Waals surface area contributed by atoms with Crippen LogP contribution in [0.2, 0.25) is 0 Å². The molecule has 0 spiro atoms. The van der Waals surface area contributed by atoms with Gasteiger partial charge in [0.25, 0.3) is 0 Å². The first-order valence-electron chi connectivity index (χ1n) is 26.8. The van der Waals surface area contributed by atoms with Crippen molar-refractivity contribution in [3.05, 3.63) is 23.0 Å². The fourth-order valence-corrected chi connectivity index (χ4v) is 7.59. The summed E-state index contributed by atoms with van der Waals surface area (Å²) in [6.07, 6.45) is 42.4. The predicted octanol–water partition coefficient (Wildman–Crippen LogP) is 17.6. The van der Waals surface area contributed by atoms with E-state index in [1.54, 1.807) is 14.2 Å². The van der Waals surface area contributed by atoms with Crippen LogP contribution in [0.5, 0.6) is 0 Å². The van der Waals surface area contributed by atoms with Gasteiger partial charge in [-0.25, -0.2) is 0 Å². The van der Waals surface area contributed by atoms with E-state index >= 15 is 0 Å². The fraction of sp³-hybridized carbons (Fsp3) is 0.926. The van der Waals surface area contributed by atoms with Crippen LogP contribution in [0.1, 0.15) is 273 Å². The molecule has 7 nitrogen and oxygen atoms in total. The van der Waals surface area contributed by atoms with Crippen LogP contribution in [-0.4, -0.2) is 53.2 Å². The second-order valence-electron chi connectivity index (χ2n) is 17.6. The number of ether oxygens (including phenoxy) is 7. The van der Waals surface area contributed by atoms with E-state index in [1.807, 2.05) is 0 Å². The van der Waals surface area contributed by atoms with Crippen molar-refractivity contribution in [2.24, 2.45) is 0 Å². The molecule has 0 aromatic heterocycles. The number of hydrogen-bond donors (Lipinski definition) is 0. The molecule has 364 valence electrons. The summed E-state index contributed by atoms with van der Waals surface area (Å²) in [5.41, 5.74) is 0. The summed E-state index contributed by atoms with van der Waals surface area (Å²) < 4.78 is 45.3. The van der Waals surface area contributed by atoms with Crippen molar-refractivity contribution in [2.75, 3.05) is 40.6 Å². The molecule has 0 aromatic carbocycles. The Morgan fingerprint density at radius 2 is 0.508 bits per heavy atom. The van der Waals surface area contributed by atoms with E-state index in [-0.39, 0.29) is 0 Å². The van der Waals surface area contributed by atoms with Crippen molar-refractivity contribution in [1.82, 2.24) is 0 Å². The summed E-state index contributed by atoms with van der Waals surface area (Å²) in [5, 5.41) is 0. The quantitative estimate of drug-likeness (QED) is 0.0343. The van der Waals surface area contributed by atoms with Crippen LogP contribution >= 0.6 is 0 Å². The standard InChI is InChI=1S/C54H106O7/c1-9-15-21-23-25-27-29-31-33-35-37-39-41-43-49(57-45-17-11-3)51(59-47-19-13-5)53(55-7)61-54(56-8)52(60-48-20-14-6)50(58-46-18-12-4)44-42-40-38-36-34-32-30-28-26-24-22-16-10-2/h53-54H,9-48H2,1-8H3. The van der Waals surface area contributed by atoms with Gasteiger partial charge in [0, 0.05) is 27.1 Å². The van der Waals surface area contributed by atoms with Gasteiger partial charge in [0.15, 0.2) is 11.5 Å². The van der Waals surface area contributed by atoms with Gasteiger partial charge < -0.3 is 33.2 Å². The molecule has 0 N–H and O–H groups in total. The topological polar surface area (TPSA) is 64.6 Å². The molecule has 0 bridgehead atoms. The Morgan fingerprint density at radius 1 is 0.279 bits per heavy atom. The van der Waals surface area contributed by atoms with Crippen LogP contribution in [0.25, 0.3) is 0 Å². The largest absolute Gasteiger partial charge is 0.494 e. The lowest BCUT2D eigenvalue weighted by atomic mass is 10.0. The van der Waals surface area contributed by atoms with Crippen molar-refractivity contribution in [2.45, 2.75) is 285 Å². The summed E-state index contributed by atoms with van der Waals surface area (Å²) in [6.45, 7) is 15.8. The highest BCUT2D eigenvalue weighted by atomic mass is 16.8. The molecule has 0 rings (SSSR count). The molecule has 0 saturated heterocycles. The summed E-state index contributed by atoms with van der Waals surface area (Å²) in [6, 6.07) is 0. The first kappa shape index (κ1) is 59.6. The van der Waals surface area contributed by atoms with Crippen LogP contribution in [-0.2, 0) is 33.2 Å². The maximum Gasteiger partial charge on any atom is 0.222 e. The van der Waals surface area contributed by atoms with Crippen molar-refractivity contribution in [3.8, 4) is 0 Å². The van der Waals surface area contributed by atoms with Crippen molar-refractivity contribution in [1.29, 1.82) is 0 Å². The second kappa shape index (κ2) is 48.0. The zero-order chi connectivity index (χ0) is 44.7. The Balaban J connectivity index is 5.91. The van der Waals surface area contributed by atoms with Crippen LogP contribution < -0.4 is 0 Å². The Morgan fingerprint density at radius 3 is 0.754 bits per heavy atom. The third-order valence-corrected chi connectivity index (χ3v) is 11.7. The minimum atomic E-state index is -0.821. The lowest BCUT2D eigenvalue weighted by Gasteiger charge is -2.29. The van der Waals surface area contributed by atoms with E-state index < -0.39 is 12.6 Å². The van der Waals surface area contributed by atoms with Gasteiger partial charge in [-0.1, -0.05) is 221 Å². The molecule has 0 aliphatic heterocycles. The third kappa shape index (κ3) is 35.6. The molecule has 61 heavy (non-hydrogen) atoms. The first-order chi connectivity index (χ1) is 30.1. The van der Waals surface area contributed by atoms with Gasteiger partial charge in [0.2, 0.25) is 12.6 Å². The van der Waals surface area contributed by atoms with Crippen LogP contribution in [0, 0.1) is 0 Å². The van der Waals surface area contributed by atoms with E-state index in [0.29, 0.717) is 37.9 Å². The number of unbranched alkanes of at least 4 members (excludes halogenated alkanes) is 28. The molecule has 2 atom stereocenters. The number of allylic oxidation sites excluding steroid dienone is 2. The van der Waals surface area contributed by atoms with Gasteiger partial charge in [-0.3, -0.25) is 0 Å². The zero-order valence-corrected chi connectivity index (χ0v) is 42.3. The summed E-state index contributed by atoms with van der Waals surface area (Å²) in [5.74, 6) is 2.95. The van der Waals surface area contributed by atoms with E-state index in [0.717, 1.165) is 88.6 Å². The number of rotatable bonds is 50. The van der Waals surface area contributed by atoms with E-state index in [2.05, 4.69) is 41.5 Å². The lowest BCUT2D eigenvalue weighted by molar-refractivity contribution is -0.227. The van der Waals surface area contributed by atoms with E-state index in [1.165, 1.54) is 154 Å². The van der Waals surface area contributed by atoms with Crippen molar-refractivity contribution < 1.29 is 33.2 Å². The maximum absolute atomic E-state index is 6.78. The Bertz CT molecular complexity index is 876. The minimum Gasteiger partial charge on any atom is -0.494 e. The molecule has 0 heterocycles. The van der Waals surface area contributed by atoms with Gasteiger partial charge in [0.1, 0.15) is 11.5 Å². The Hall–Kier alpha value is -1.44. The highest BCUT2D eigenvalue weighted by molar-refractivity contribution is 5.09. The molecule has 0 aliphatic carbocycles. The Labute approximate surface area is 380 Å². The van der Waals surface area contributed by atoms with Crippen LogP contribution in [0.4, 0.5) is 0 Å².